The predicted molar refractivity (Wildman–Crippen MR) is 45.4 cm³/mol. The van der Waals surface area contributed by atoms with E-state index in [0.717, 1.165) is 24.5 Å². The van der Waals surface area contributed by atoms with E-state index in [1.165, 1.54) is 0 Å². The van der Waals surface area contributed by atoms with Gasteiger partial charge in [-0.3, -0.25) is 5.10 Å². The van der Waals surface area contributed by atoms with Crippen molar-refractivity contribution in [2.75, 3.05) is 0 Å². The van der Waals surface area contributed by atoms with Crippen LogP contribution in [0.2, 0.25) is 0 Å². The Bertz CT molecular complexity index is 322. The van der Waals surface area contributed by atoms with Gasteiger partial charge in [0.15, 0.2) is 5.82 Å². The van der Waals surface area contributed by atoms with Crippen molar-refractivity contribution < 1.29 is 0 Å². The van der Waals surface area contributed by atoms with Gasteiger partial charge in [0.1, 0.15) is 5.82 Å². The summed E-state index contributed by atoms with van der Waals surface area (Å²) in [6.07, 6.45) is 2.05. The molecule has 0 atom stereocenters. The SMILES string of the molecule is CC(=N)C1(c2n[nH]c(C)n2)CC1. The smallest absolute Gasteiger partial charge is 0.162 e. The van der Waals surface area contributed by atoms with Crippen LogP contribution in [0.4, 0.5) is 0 Å². The summed E-state index contributed by atoms with van der Waals surface area (Å²) in [5.41, 5.74) is 0.576. The lowest BCUT2D eigenvalue weighted by molar-refractivity contribution is 0.821. The number of H-pyrrole nitrogens is 1. The highest BCUT2D eigenvalue weighted by molar-refractivity contribution is 5.92. The molecule has 4 heteroatoms. The zero-order valence-corrected chi connectivity index (χ0v) is 7.31. The van der Waals surface area contributed by atoms with E-state index in [4.69, 9.17) is 5.41 Å². The molecule has 2 rings (SSSR count). The molecule has 0 unspecified atom stereocenters. The Kier molecular flexibility index (Phi) is 1.34. The largest absolute Gasteiger partial charge is 0.309 e. The van der Waals surface area contributed by atoms with Crippen LogP contribution in [-0.4, -0.2) is 20.9 Å². The van der Waals surface area contributed by atoms with E-state index in [1.54, 1.807) is 0 Å². The second-order valence-electron chi connectivity index (χ2n) is 3.45. The van der Waals surface area contributed by atoms with Gasteiger partial charge in [-0.15, -0.1) is 0 Å². The minimum atomic E-state index is -0.106. The molecule has 0 saturated heterocycles. The molecule has 1 fully saturated rings. The third-order valence-corrected chi connectivity index (χ3v) is 2.49. The van der Waals surface area contributed by atoms with Gasteiger partial charge < -0.3 is 5.41 Å². The molecule has 12 heavy (non-hydrogen) atoms. The average Bonchev–Trinajstić information content (AvgIpc) is 2.71. The van der Waals surface area contributed by atoms with Crippen molar-refractivity contribution in [3.05, 3.63) is 11.6 Å². The Labute approximate surface area is 70.9 Å². The monoisotopic (exact) mass is 164 g/mol. The lowest BCUT2D eigenvalue weighted by atomic mass is 10.0. The van der Waals surface area contributed by atoms with Crippen molar-refractivity contribution in [2.45, 2.75) is 32.1 Å². The van der Waals surface area contributed by atoms with Gasteiger partial charge in [-0.05, 0) is 26.7 Å². The van der Waals surface area contributed by atoms with Gasteiger partial charge in [0.05, 0.1) is 5.41 Å². The highest BCUT2D eigenvalue weighted by atomic mass is 15.2. The minimum absolute atomic E-state index is 0.106. The summed E-state index contributed by atoms with van der Waals surface area (Å²) in [6, 6.07) is 0. The van der Waals surface area contributed by atoms with E-state index in [0.29, 0.717) is 5.71 Å². The molecule has 0 spiro atoms. The van der Waals surface area contributed by atoms with Crippen LogP contribution in [0.1, 0.15) is 31.4 Å². The summed E-state index contributed by atoms with van der Waals surface area (Å²) >= 11 is 0. The van der Waals surface area contributed by atoms with Crippen LogP contribution in [0.15, 0.2) is 0 Å². The van der Waals surface area contributed by atoms with Crippen molar-refractivity contribution in [3.8, 4) is 0 Å². The Balaban J connectivity index is 2.36. The first kappa shape index (κ1) is 7.46. The van der Waals surface area contributed by atoms with Gasteiger partial charge in [-0.25, -0.2) is 4.98 Å². The molecule has 0 aliphatic heterocycles. The summed E-state index contributed by atoms with van der Waals surface area (Å²) < 4.78 is 0. The second-order valence-corrected chi connectivity index (χ2v) is 3.45. The maximum atomic E-state index is 7.61. The van der Waals surface area contributed by atoms with E-state index in [-0.39, 0.29) is 5.41 Å². The predicted octanol–water partition coefficient (Wildman–Crippen LogP) is 1.18. The molecule has 64 valence electrons. The van der Waals surface area contributed by atoms with Crippen LogP contribution in [0, 0.1) is 12.3 Å². The molecule has 0 amide bonds. The van der Waals surface area contributed by atoms with E-state index >= 15 is 0 Å². The van der Waals surface area contributed by atoms with Gasteiger partial charge in [-0.1, -0.05) is 0 Å². The molecule has 1 aliphatic rings. The summed E-state index contributed by atoms with van der Waals surface area (Å²) in [7, 11) is 0. The maximum absolute atomic E-state index is 7.61. The summed E-state index contributed by atoms with van der Waals surface area (Å²) in [5, 5.41) is 14.5. The molecule has 1 aromatic rings. The summed E-state index contributed by atoms with van der Waals surface area (Å²) in [6.45, 7) is 3.71. The molecule has 4 nitrogen and oxygen atoms in total. The Morgan fingerprint density at radius 1 is 1.58 bits per heavy atom. The lowest BCUT2D eigenvalue weighted by Crippen LogP contribution is -2.18. The number of hydrogen-bond donors (Lipinski definition) is 2. The van der Waals surface area contributed by atoms with Crippen molar-refractivity contribution in [1.82, 2.24) is 15.2 Å². The number of rotatable bonds is 2. The van der Waals surface area contributed by atoms with Crippen LogP contribution >= 0.6 is 0 Å². The fourth-order valence-electron chi connectivity index (χ4n) is 1.45. The van der Waals surface area contributed by atoms with Crippen molar-refractivity contribution in [2.24, 2.45) is 0 Å². The van der Waals surface area contributed by atoms with Gasteiger partial charge in [0.25, 0.3) is 0 Å². The van der Waals surface area contributed by atoms with Crippen molar-refractivity contribution >= 4 is 5.71 Å². The first-order valence-electron chi connectivity index (χ1n) is 4.10. The zero-order chi connectivity index (χ0) is 8.77. The number of nitrogens with zero attached hydrogens (tertiary/aromatic N) is 2. The molecule has 0 radical (unpaired) electrons. The topological polar surface area (TPSA) is 65.4 Å². The van der Waals surface area contributed by atoms with Crippen molar-refractivity contribution in [1.29, 1.82) is 5.41 Å². The molecule has 1 aliphatic carbocycles. The first-order valence-corrected chi connectivity index (χ1v) is 4.10. The average molecular weight is 164 g/mol. The molecule has 0 aromatic carbocycles. The Morgan fingerprint density at radius 2 is 2.25 bits per heavy atom. The highest BCUT2D eigenvalue weighted by Gasteiger charge is 2.49. The lowest BCUT2D eigenvalue weighted by Gasteiger charge is -2.06. The molecule has 0 bridgehead atoms. The number of aromatic nitrogens is 3. The fourth-order valence-corrected chi connectivity index (χ4v) is 1.45. The third kappa shape index (κ3) is 0.873. The summed E-state index contributed by atoms with van der Waals surface area (Å²) in [4.78, 5) is 4.26. The van der Waals surface area contributed by atoms with Crippen LogP contribution in [0.5, 0.6) is 0 Å². The number of hydrogen-bond acceptors (Lipinski definition) is 3. The van der Waals surface area contributed by atoms with E-state index < -0.39 is 0 Å². The van der Waals surface area contributed by atoms with Crippen LogP contribution in [0.25, 0.3) is 0 Å². The Hall–Kier alpha value is -1.19. The first-order chi connectivity index (χ1) is 5.65. The minimum Gasteiger partial charge on any atom is -0.309 e. The molecule has 1 aromatic heterocycles. The zero-order valence-electron chi connectivity index (χ0n) is 7.31. The van der Waals surface area contributed by atoms with E-state index in [9.17, 15) is 0 Å². The fraction of sp³-hybridized carbons (Fsp3) is 0.625. The number of aryl methyl sites for hydroxylation is 1. The number of nitrogens with one attached hydrogen (secondary N) is 2. The Morgan fingerprint density at radius 3 is 2.58 bits per heavy atom. The quantitative estimate of drug-likeness (QED) is 0.645. The van der Waals surface area contributed by atoms with Crippen LogP contribution in [-0.2, 0) is 5.41 Å². The molecule has 1 saturated carbocycles. The van der Waals surface area contributed by atoms with Crippen molar-refractivity contribution in [3.63, 3.8) is 0 Å². The number of aromatic amines is 1. The molecular formula is C8H12N4. The van der Waals surface area contributed by atoms with E-state index in [2.05, 4.69) is 15.2 Å². The highest BCUT2D eigenvalue weighted by Crippen LogP contribution is 2.47. The van der Waals surface area contributed by atoms with Gasteiger partial charge in [0, 0.05) is 5.71 Å². The second kappa shape index (κ2) is 2.15. The molecule has 1 heterocycles. The van der Waals surface area contributed by atoms with Gasteiger partial charge >= 0.3 is 0 Å². The van der Waals surface area contributed by atoms with E-state index in [1.807, 2.05) is 13.8 Å². The van der Waals surface area contributed by atoms with Crippen LogP contribution in [0.3, 0.4) is 0 Å². The van der Waals surface area contributed by atoms with Gasteiger partial charge in [-0.2, -0.15) is 5.10 Å². The standard InChI is InChI=1S/C8H12N4/c1-5(9)8(3-4-8)7-10-6(2)11-12-7/h9H,3-4H2,1-2H3,(H,10,11,12). The molecular weight excluding hydrogens is 152 g/mol. The summed E-state index contributed by atoms with van der Waals surface area (Å²) in [5.74, 6) is 1.63. The normalized spacial score (nSPS) is 19.2. The third-order valence-electron chi connectivity index (χ3n) is 2.49. The maximum Gasteiger partial charge on any atom is 0.162 e. The van der Waals surface area contributed by atoms with Crippen LogP contribution < -0.4 is 0 Å². The van der Waals surface area contributed by atoms with Gasteiger partial charge in [0.2, 0.25) is 0 Å². The molecule has 2 N–H and O–H groups in total.